The van der Waals surface area contributed by atoms with Gasteiger partial charge in [0.1, 0.15) is 17.3 Å². The molecule has 0 bridgehead atoms. The van der Waals surface area contributed by atoms with Crippen molar-refractivity contribution in [2.24, 2.45) is 0 Å². The normalized spacial score (nSPS) is 11.6. The maximum atomic E-state index is 13.2. The predicted octanol–water partition coefficient (Wildman–Crippen LogP) is 7.14. The second-order valence-electron chi connectivity index (χ2n) is 9.65. The van der Waals surface area contributed by atoms with Gasteiger partial charge in [0.15, 0.2) is 0 Å². The molecule has 0 radical (unpaired) electrons. The number of amides is 1. The van der Waals surface area contributed by atoms with Crippen LogP contribution in [0.3, 0.4) is 0 Å². The molecular weight excluding hydrogens is 541 g/mol. The van der Waals surface area contributed by atoms with E-state index in [1.165, 1.54) is 0 Å². The molecule has 2 heterocycles. The number of carbonyl (C=O) groups excluding carboxylic acids is 1. The summed E-state index contributed by atoms with van der Waals surface area (Å²) >= 11 is 5.99. The van der Waals surface area contributed by atoms with Gasteiger partial charge in [0, 0.05) is 37.0 Å². The number of phenols is 1. The summed E-state index contributed by atoms with van der Waals surface area (Å²) in [7, 11) is 0. The molecule has 0 aliphatic carbocycles. The average Bonchev–Trinajstić information content (AvgIpc) is 2.93. The summed E-state index contributed by atoms with van der Waals surface area (Å²) in [6.45, 7) is 3.96. The molecule has 10 heteroatoms. The van der Waals surface area contributed by atoms with Gasteiger partial charge in [0.05, 0.1) is 16.3 Å². The van der Waals surface area contributed by atoms with Crippen molar-refractivity contribution in [3.05, 3.63) is 106 Å². The predicted molar refractivity (Wildman–Crippen MR) is 147 cm³/mol. The summed E-state index contributed by atoms with van der Waals surface area (Å²) in [5.74, 6) is 0.351. The van der Waals surface area contributed by atoms with Crippen LogP contribution in [0.5, 0.6) is 5.75 Å². The van der Waals surface area contributed by atoms with E-state index >= 15 is 0 Å². The number of alkyl halides is 3. The van der Waals surface area contributed by atoms with Crippen LogP contribution in [0.2, 0.25) is 5.02 Å². The fraction of sp³-hybridized carbons (Fsp3) is 0.267. The summed E-state index contributed by atoms with van der Waals surface area (Å²) in [5, 5.41) is 9.91. The Kier molecular flexibility index (Phi) is 9.04. The van der Waals surface area contributed by atoms with E-state index in [0.29, 0.717) is 17.3 Å². The van der Waals surface area contributed by atoms with Gasteiger partial charge in [-0.25, -0.2) is 9.97 Å². The lowest BCUT2D eigenvalue weighted by Gasteiger charge is -2.27. The molecule has 2 aromatic heterocycles. The average molecular weight is 569 g/mol. The van der Waals surface area contributed by atoms with Crippen LogP contribution < -0.4 is 0 Å². The number of aromatic nitrogens is 3. The number of rotatable bonds is 9. The molecule has 0 unspecified atom stereocenters. The van der Waals surface area contributed by atoms with E-state index < -0.39 is 17.8 Å². The van der Waals surface area contributed by atoms with Crippen molar-refractivity contribution in [1.82, 2.24) is 19.9 Å². The molecule has 40 heavy (non-hydrogen) atoms. The van der Waals surface area contributed by atoms with Gasteiger partial charge < -0.3 is 10.0 Å². The Labute approximate surface area is 235 Å². The maximum absolute atomic E-state index is 13.2. The fourth-order valence-corrected chi connectivity index (χ4v) is 4.41. The molecule has 0 atom stereocenters. The Balaban J connectivity index is 1.45. The summed E-state index contributed by atoms with van der Waals surface area (Å²) in [6, 6.07) is 16.4. The van der Waals surface area contributed by atoms with Crippen LogP contribution in [0, 0.1) is 0 Å². The van der Waals surface area contributed by atoms with Crippen LogP contribution in [0.25, 0.3) is 11.3 Å². The van der Waals surface area contributed by atoms with Crippen molar-refractivity contribution in [3.63, 3.8) is 0 Å². The van der Waals surface area contributed by atoms with E-state index in [1.807, 2.05) is 50.2 Å². The highest BCUT2D eigenvalue weighted by Gasteiger charge is 2.32. The quantitative estimate of drug-likeness (QED) is 0.232. The highest BCUT2D eigenvalue weighted by Crippen LogP contribution is 2.28. The minimum atomic E-state index is -4.57. The largest absolute Gasteiger partial charge is 0.506 e. The molecule has 0 aliphatic heterocycles. The number of hydrogen-bond donors (Lipinski definition) is 1. The van der Waals surface area contributed by atoms with Gasteiger partial charge in [-0.3, -0.25) is 9.78 Å². The topological polar surface area (TPSA) is 79.2 Å². The number of nitrogens with zero attached hydrogens (tertiary/aromatic N) is 4. The summed E-state index contributed by atoms with van der Waals surface area (Å²) < 4.78 is 38.6. The number of benzene rings is 2. The molecule has 6 nitrogen and oxygen atoms in total. The van der Waals surface area contributed by atoms with E-state index in [0.717, 1.165) is 53.6 Å². The van der Waals surface area contributed by atoms with Crippen molar-refractivity contribution in [2.75, 3.05) is 0 Å². The third-order valence-electron chi connectivity index (χ3n) is 6.34. The van der Waals surface area contributed by atoms with Gasteiger partial charge in [0.25, 0.3) is 5.91 Å². The number of carbonyl (C=O) groups is 1. The summed E-state index contributed by atoms with van der Waals surface area (Å²) in [6.07, 6.45) is 0.328. The van der Waals surface area contributed by atoms with Crippen molar-refractivity contribution < 1.29 is 23.1 Å². The summed E-state index contributed by atoms with van der Waals surface area (Å²) in [4.78, 5) is 27.3. The van der Waals surface area contributed by atoms with Gasteiger partial charge in [-0.1, -0.05) is 35.9 Å². The number of aryl methyl sites for hydroxylation is 2. The van der Waals surface area contributed by atoms with Crippen LogP contribution >= 0.6 is 11.6 Å². The minimum Gasteiger partial charge on any atom is -0.506 e. The third kappa shape index (κ3) is 7.35. The van der Waals surface area contributed by atoms with Gasteiger partial charge in [-0.05, 0) is 74.2 Å². The lowest BCUT2D eigenvalue weighted by atomic mass is 10.1. The van der Waals surface area contributed by atoms with Gasteiger partial charge in [-0.2, -0.15) is 13.2 Å². The SMILES string of the molecule is CC(C)N(Cc1cccc(-c2ccnc(CCCc3ccc(O)c(Cl)c3)n2)c1)C(=O)c1ccc(C(F)(F)F)nc1. The first-order chi connectivity index (χ1) is 19.0. The molecule has 0 aliphatic rings. The first-order valence-corrected chi connectivity index (χ1v) is 13.1. The van der Waals surface area contributed by atoms with Gasteiger partial charge in [-0.15, -0.1) is 0 Å². The number of phenolic OH excluding ortho intramolecular Hbond substituents is 1. The zero-order valence-electron chi connectivity index (χ0n) is 22.0. The van der Waals surface area contributed by atoms with Crippen LogP contribution in [-0.2, 0) is 25.6 Å². The first-order valence-electron chi connectivity index (χ1n) is 12.7. The number of pyridine rings is 1. The van der Waals surface area contributed by atoms with E-state index in [2.05, 4.69) is 9.97 Å². The van der Waals surface area contributed by atoms with Crippen molar-refractivity contribution in [3.8, 4) is 17.0 Å². The lowest BCUT2D eigenvalue weighted by molar-refractivity contribution is -0.141. The van der Waals surface area contributed by atoms with Crippen LogP contribution in [0.15, 0.2) is 73.1 Å². The molecule has 1 N–H and O–H groups in total. The maximum Gasteiger partial charge on any atom is 0.433 e. The molecule has 0 saturated heterocycles. The van der Waals surface area contributed by atoms with Crippen LogP contribution in [-0.4, -0.2) is 36.9 Å². The molecule has 208 valence electrons. The zero-order valence-corrected chi connectivity index (χ0v) is 22.7. The molecule has 0 saturated carbocycles. The molecule has 2 aromatic carbocycles. The second kappa shape index (κ2) is 12.5. The monoisotopic (exact) mass is 568 g/mol. The zero-order chi connectivity index (χ0) is 28.9. The van der Waals surface area contributed by atoms with E-state index in [-0.39, 0.29) is 23.9 Å². The Morgan fingerprint density at radius 3 is 2.48 bits per heavy atom. The van der Waals surface area contributed by atoms with Crippen LogP contribution in [0.1, 0.15) is 53.3 Å². The van der Waals surface area contributed by atoms with E-state index in [1.54, 1.807) is 23.2 Å². The Bertz CT molecular complexity index is 1480. The minimum absolute atomic E-state index is 0.0566. The second-order valence-corrected chi connectivity index (χ2v) is 10.1. The highest BCUT2D eigenvalue weighted by atomic mass is 35.5. The van der Waals surface area contributed by atoms with E-state index in [9.17, 15) is 23.1 Å². The lowest BCUT2D eigenvalue weighted by Crippen LogP contribution is -2.36. The highest BCUT2D eigenvalue weighted by molar-refractivity contribution is 6.32. The standard InChI is InChI=1S/C30H28ClF3N4O2/c1-19(2)38(29(40)23-10-12-27(36-17-23)30(32,33)34)18-21-6-3-7-22(15-21)25-13-14-35-28(37-25)8-4-5-20-9-11-26(39)24(31)16-20/h3,6-7,9-17,19,39H,4-5,8,18H2,1-2H3. The van der Waals surface area contributed by atoms with E-state index in [4.69, 9.17) is 16.6 Å². The Morgan fingerprint density at radius 1 is 1.00 bits per heavy atom. The Morgan fingerprint density at radius 2 is 1.80 bits per heavy atom. The number of halogens is 4. The molecule has 0 fully saturated rings. The molecule has 4 aromatic rings. The molecule has 1 amide bonds. The Hall–Kier alpha value is -3.98. The van der Waals surface area contributed by atoms with Crippen LogP contribution in [0.4, 0.5) is 13.2 Å². The smallest absolute Gasteiger partial charge is 0.433 e. The molecular formula is C30H28ClF3N4O2. The van der Waals surface area contributed by atoms with Gasteiger partial charge >= 0.3 is 6.18 Å². The van der Waals surface area contributed by atoms with Crippen molar-refractivity contribution in [1.29, 1.82) is 0 Å². The fourth-order valence-electron chi connectivity index (χ4n) is 4.21. The summed E-state index contributed by atoms with van der Waals surface area (Å²) in [5.41, 5.74) is 2.52. The number of aromatic hydroxyl groups is 1. The molecule has 4 rings (SSSR count). The van der Waals surface area contributed by atoms with Crippen molar-refractivity contribution >= 4 is 17.5 Å². The van der Waals surface area contributed by atoms with Gasteiger partial charge in [0.2, 0.25) is 0 Å². The molecule has 0 spiro atoms. The van der Waals surface area contributed by atoms with Crippen molar-refractivity contribution in [2.45, 2.75) is 51.9 Å². The number of hydrogen-bond acceptors (Lipinski definition) is 5. The first kappa shape index (κ1) is 29.0. The third-order valence-corrected chi connectivity index (χ3v) is 6.65.